The van der Waals surface area contributed by atoms with E-state index in [0.29, 0.717) is 24.7 Å². The summed E-state index contributed by atoms with van der Waals surface area (Å²) in [4.78, 5) is 0. The Kier molecular flexibility index (Phi) is 4.29. The average Bonchev–Trinajstić information content (AvgIpc) is 3.01. The van der Waals surface area contributed by atoms with Gasteiger partial charge in [0.15, 0.2) is 21.3 Å². The van der Waals surface area contributed by atoms with Crippen LogP contribution in [0, 0.1) is 5.41 Å². The summed E-state index contributed by atoms with van der Waals surface area (Å²) in [6.45, 7) is 4.92. The van der Waals surface area contributed by atoms with Crippen LogP contribution in [0.25, 0.3) is 0 Å². The molecule has 1 heterocycles. The zero-order valence-electron chi connectivity index (χ0n) is 13.4. The third-order valence-electron chi connectivity index (χ3n) is 4.88. The Labute approximate surface area is 136 Å². The van der Waals surface area contributed by atoms with E-state index in [1.807, 2.05) is 25.1 Å². The molecule has 23 heavy (non-hydrogen) atoms. The molecule has 1 aliphatic heterocycles. The Balaban J connectivity index is 1.98. The van der Waals surface area contributed by atoms with E-state index in [-0.39, 0.29) is 25.0 Å². The third kappa shape index (κ3) is 2.60. The fraction of sp³-hybridized carbons (Fsp3) is 0.625. The summed E-state index contributed by atoms with van der Waals surface area (Å²) in [7, 11) is -3.22. The second kappa shape index (κ2) is 5.96. The van der Waals surface area contributed by atoms with E-state index in [4.69, 9.17) is 19.9 Å². The Morgan fingerprint density at radius 3 is 2.70 bits per heavy atom. The summed E-state index contributed by atoms with van der Waals surface area (Å²) >= 11 is 0. The topological polar surface area (TPSA) is 87.8 Å². The van der Waals surface area contributed by atoms with Crippen LogP contribution in [0.2, 0.25) is 0 Å². The minimum atomic E-state index is -3.22. The highest BCUT2D eigenvalue weighted by Gasteiger charge is 2.69. The van der Waals surface area contributed by atoms with Gasteiger partial charge >= 0.3 is 0 Å². The van der Waals surface area contributed by atoms with Crippen molar-refractivity contribution in [3.8, 4) is 11.5 Å². The molecule has 6 nitrogen and oxygen atoms in total. The van der Waals surface area contributed by atoms with Gasteiger partial charge in [-0.2, -0.15) is 0 Å². The minimum Gasteiger partial charge on any atom is -0.454 e. The van der Waals surface area contributed by atoms with Gasteiger partial charge in [0, 0.05) is 30.2 Å². The van der Waals surface area contributed by atoms with Gasteiger partial charge in [0.1, 0.15) is 0 Å². The summed E-state index contributed by atoms with van der Waals surface area (Å²) in [6.07, 6.45) is 0. The van der Waals surface area contributed by atoms with Gasteiger partial charge in [-0.05, 0) is 24.6 Å². The quantitative estimate of drug-likeness (QED) is 0.804. The minimum absolute atomic E-state index is 0.104. The fourth-order valence-corrected chi connectivity index (χ4v) is 5.73. The van der Waals surface area contributed by atoms with Crippen LogP contribution in [0.3, 0.4) is 0 Å². The number of nitrogens with two attached hydrogens (primary N) is 1. The van der Waals surface area contributed by atoms with Gasteiger partial charge < -0.3 is 19.9 Å². The van der Waals surface area contributed by atoms with Crippen molar-refractivity contribution in [2.45, 2.75) is 25.0 Å². The summed E-state index contributed by atoms with van der Waals surface area (Å²) in [5.74, 6) is 1.28. The number of ether oxygens (including phenoxy) is 3. The van der Waals surface area contributed by atoms with Crippen LogP contribution < -0.4 is 15.2 Å². The molecule has 0 unspecified atom stereocenters. The summed E-state index contributed by atoms with van der Waals surface area (Å²) in [6, 6.07) is 5.60. The van der Waals surface area contributed by atoms with Crippen LogP contribution >= 0.6 is 0 Å². The normalized spacial score (nSPS) is 28.8. The Bertz CT molecular complexity index is 690. The summed E-state index contributed by atoms with van der Waals surface area (Å²) < 4.78 is 41.4. The molecule has 0 aromatic heterocycles. The standard InChI is InChI=1S/C16H23NO5S/c1-3-20-9-16(8-17)14(15(16)23(18,19)4-2)11-5-6-12-13(7-11)22-10-21-12/h5-7,14-15H,3-4,8-10,17H2,1-2H3/t14-,15-,16-/m1/s1. The molecule has 1 saturated carbocycles. The Morgan fingerprint density at radius 2 is 2.04 bits per heavy atom. The van der Waals surface area contributed by atoms with Gasteiger partial charge in [-0.25, -0.2) is 8.42 Å². The van der Waals surface area contributed by atoms with Gasteiger partial charge in [-0.1, -0.05) is 13.0 Å². The molecule has 0 bridgehead atoms. The smallest absolute Gasteiger partial charge is 0.231 e. The van der Waals surface area contributed by atoms with Crippen molar-refractivity contribution in [3.63, 3.8) is 0 Å². The SMILES string of the molecule is CCOC[C@]1(CN)[C@H](c2ccc3c(c2)OCO3)[C@H]1S(=O)(=O)CC. The zero-order chi connectivity index (χ0) is 16.7. The largest absolute Gasteiger partial charge is 0.454 e. The molecule has 2 aliphatic rings. The van der Waals surface area contributed by atoms with Crippen LogP contribution in [0.4, 0.5) is 0 Å². The highest BCUT2D eigenvalue weighted by atomic mass is 32.2. The monoisotopic (exact) mass is 341 g/mol. The molecular formula is C16H23NO5S. The van der Waals surface area contributed by atoms with E-state index in [2.05, 4.69) is 0 Å². The van der Waals surface area contributed by atoms with Crippen molar-refractivity contribution in [2.75, 3.05) is 32.3 Å². The van der Waals surface area contributed by atoms with E-state index in [9.17, 15) is 8.42 Å². The lowest BCUT2D eigenvalue weighted by Crippen LogP contribution is -2.29. The maximum Gasteiger partial charge on any atom is 0.231 e. The van der Waals surface area contributed by atoms with Crippen molar-refractivity contribution in [3.05, 3.63) is 23.8 Å². The molecule has 1 fully saturated rings. The first-order chi connectivity index (χ1) is 11.0. The predicted octanol–water partition coefficient (Wildman–Crippen LogP) is 1.30. The van der Waals surface area contributed by atoms with Gasteiger partial charge in [0.2, 0.25) is 6.79 Å². The molecular weight excluding hydrogens is 318 g/mol. The van der Waals surface area contributed by atoms with Crippen LogP contribution in [0.15, 0.2) is 18.2 Å². The molecule has 2 N–H and O–H groups in total. The molecule has 0 amide bonds. The molecule has 1 aromatic rings. The molecule has 128 valence electrons. The highest BCUT2D eigenvalue weighted by Crippen LogP contribution is 2.63. The van der Waals surface area contributed by atoms with Gasteiger partial charge in [0.05, 0.1) is 11.9 Å². The van der Waals surface area contributed by atoms with E-state index >= 15 is 0 Å². The third-order valence-corrected chi connectivity index (χ3v) is 7.20. The average molecular weight is 341 g/mol. The van der Waals surface area contributed by atoms with Crippen molar-refractivity contribution in [2.24, 2.45) is 11.1 Å². The van der Waals surface area contributed by atoms with Crippen molar-refractivity contribution in [1.82, 2.24) is 0 Å². The lowest BCUT2D eigenvalue weighted by Gasteiger charge is -2.15. The first-order valence-corrected chi connectivity index (χ1v) is 9.60. The first-order valence-electron chi connectivity index (χ1n) is 7.89. The fourth-order valence-electron chi connectivity index (χ4n) is 3.58. The molecule has 0 saturated heterocycles. The van der Waals surface area contributed by atoms with E-state index in [1.54, 1.807) is 6.92 Å². The maximum atomic E-state index is 12.5. The molecule has 0 spiro atoms. The Morgan fingerprint density at radius 1 is 1.30 bits per heavy atom. The van der Waals surface area contributed by atoms with Crippen LogP contribution in [-0.2, 0) is 14.6 Å². The lowest BCUT2D eigenvalue weighted by atomic mass is 9.99. The summed E-state index contributed by atoms with van der Waals surface area (Å²) in [5.41, 5.74) is 6.35. The van der Waals surface area contributed by atoms with Gasteiger partial charge in [-0.15, -0.1) is 0 Å². The van der Waals surface area contributed by atoms with Crippen LogP contribution in [0.5, 0.6) is 11.5 Å². The molecule has 3 rings (SSSR count). The van der Waals surface area contributed by atoms with Gasteiger partial charge in [-0.3, -0.25) is 0 Å². The maximum absolute atomic E-state index is 12.5. The summed E-state index contributed by atoms with van der Waals surface area (Å²) in [5, 5.41) is -0.503. The second-order valence-corrected chi connectivity index (χ2v) is 8.45. The number of sulfone groups is 1. The van der Waals surface area contributed by atoms with Crippen LogP contribution in [0.1, 0.15) is 25.3 Å². The highest BCUT2D eigenvalue weighted by molar-refractivity contribution is 7.92. The molecule has 1 aromatic carbocycles. The van der Waals surface area contributed by atoms with Gasteiger partial charge in [0.25, 0.3) is 0 Å². The number of rotatable bonds is 7. The number of hydrogen-bond donors (Lipinski definition) is 1. The molecule has 3 atom stereocenters. The first kappa shape index (κ1) is 16.5. The second-order valence-electron chi connectivity index (χ2n) is 6.04. The zero-order valence-corrected chi connectivity index (χ0v) is 14.3. The van der Waals surface area contributed by atoms with Crippen LogP contribution in [-0.4, -0.2) is 46.0 Å². The van der Waals surface area contributed by atoms with Crippen molar-refractivity contribution >= 4 is 9.84 Å². The number of fused-ring (bicyclic) bond motifs is 1. The van der Waals surface area contributed by atoms with Crippen molar-refractivity contribution in [1.29, 1.82) is 0 Å². The lowest BCUT2D eigenvalue weighted by molar-refractivity contribution is 0.101. The number of benzene rings is 1. The molecule has 0 radical (unpaired) electrons. The number of hydrogen-bond acceptors (Lipinski definition) is 6. The Hall–Kier alpha value is -1.31. The van der Waals surface area contributed by atoms with Crippen molar-refractivity contribution < 1.29 is 22.6 Å². The predicted molar refractivity (Wildman–Crippen MR) is 86.5 cm³/mol. The van der Waals surface area contributed by atoms with E-state index in [1.165, 1.54) is 0 Å². The molecule has 1 aliphatic carbocycles. The van der Waals surface area contributed by atoms with E-state index in [0.717, 1.165) is 5.56 Å². The molecule has 7 heteroatoms. The van der Waals surface area contributed by atoms with E-state index < -0.39 is 20.5 Å².